The second kappa shape index (κ2) is 7.39. The molecule has 5 nitrogen and oxygen atoms in total. The van der Waals surface area contributed by atoms with E-state index >= 15 is 0 Å². The Kier molecular flexibility index (Phi) is 5.05. The fourth-order valence-corrected chi connectivity index (χ4v) is 2.47. The number of nitrogens with one attached hydrogen (secondary N) is 1. The van der Waals surface area contributed by atoms with Crippen molar-refractivity contribution in [2.45, 2.75) is 19.6 Å². The van der Waals surface area contributed by atoms with E-state index in [1.165, 1.54) is 30.5 Å². The third-order valence-corrected chi connectivity index (χ3v) is 3.43. The topological polar surface area (TPSA) is 52.6 Å². The Morgan fingerprint density at radius 3 is 3.04 bits per heavy atom. The minimum atomic E-state index is -2.93. The van der Waals surface area contributed by atoms with E-state index in [0.717, 1.165) is 0 Å². The molecular formula is C16H15F3N2O3. The highest BCUT2D eigenvalue weighted by Crippen LogP contribution is 2.30. The SMILES string of the molecule is Fc1cc(CCNc2ncccc2OC(F)F)c2c(c1)COCO2. The van der Waals surface area contributed by atoms with Crippen LogP contribution >= 0.6 is 0 Å². The first-order chi connectivity index (χ1) is 11.6. The lowest BCUT2D eigenvalue weighted by Gasteiger charge is -2.21. The molecule has 128 valence electrons. The van der Waals surface area contributed by atoms with Crippen molar-refractivity contribution in [2.24, 2.45) is 0 Å². The normalized spacial score (nSPS) is 13.3. The predicted octanol–water partition coefficient (Wildman–Crippen LogP) is 3.34. The quantitative estimate of drug-likeness (QED) is 0.874. The molecule has 0 amide bonds. The predicted molar refractivity (Wildman–Crippen MR) is 79.7 cm³/mol. The van der Waals surface area contributed by atoms with E-state index < -0.39 is 6.61 Å². The second-order valence-electron chi connectivity index (χ2n) is 5.07. The highest BCUT2D eigenvalue weighted by atomic mass is 19.3. The lowest BCUT2D eigenvalue weighted by atomic mass is 10.1. The fraction of sp³-hybridized carbons (Fsp3) is 0.312. The molecule has 1 aromatic carbocycles. The van der Waals surface area contributed by atoms with Crippen molar-refractivity contribution in [3.63, 3.8) is 0 Å². The maximum atomic E-state index is 13.7. The van der Waals surface area contributed by atoms with Crippen molar-refractivity contribution in [1.29, 1.82) is 0 Å². The zero-order chi connectivity index (χ0) is 16.9. The summed E-state index contributed by atoms with van der Waals surface area (Å²) >= 11 is 0. The highest BCUT2D eigenvalue weighted by molar-refractivity contribution is 5.50. The molecule has 3 rings (SSSR count). The molecule has 0 atom stereocenters. The van der Waals surface area contributed by atoms with Crippen molar-refractivity contribution in [3.05, 3.63) is 47.4 Å². The van der Waals surface area contributed by atoms with Crippen LogP contribution in [-0.2, 0) is 17.8 Å². The lowest BCUT2D eigenvalue weighted by molar-refractivity contribution is -0.0495. The van der Waals surface area contributed by atoms with Crippen LogP contribution in [0, 0.1) is 5.82 Å². The average molecular weight is 340 g/mol. The molecule has 1 aliphatic rings. The number of alkyl halides is 2. The Labute approximate surface area is 136 Å². The Bertz CT molecular complexity index is 713. The van der Waals surface area contributed by atoms with Crippen molar-refractivity contribution in [2.75, 3.05) is 18.7 Å². The Morgan fingerprint density at radius 2 is 2.21 bits per heavy atom. The summed E-state index contributed by atoms with van der Waals surface area (Å²) in [4.78, 5) is 3.97. The zero-order valence-electron chi connectivity index (χ0n) is 12.6. The third kappa shape index (κ3) is 3.88. The van der Waals surface area contributed by atoms with Crippen LogP contribution in [-0.4, -0.2) is 24.9 Å². The molecule has 8 heteroatoms. The second-order valence-corrected chi connectivity index (χ2v) is 5.07. The number of halogens is 3. The molecular weight excluding hydrogens is 325 g/mol. The van der Waals surface area contributed by atoms with Crippen molar-refractivity contribution >= 4 is 5.82 Å². The monoisotopic (exact) mass is 340 g/mol. The van der Waals surface area contributed by atoms with Gasteiger partial charge in [0.2, 0.25) is 0 Å². The number of ether oxygens (including phenoxy) is 3. The van der Waals surface area contributed by atoms with Crippen molar-refractivity contribution < 1.29 is 27.4 Å². The molecule has 0 unspecified atom stereocenters. The van der Waals surface area contributed by atoms with Crippen molar-refractivity contribution in [1.82, 2.24) is 4.98 Å². The summed E-state index contributed by atoms with van der Waals surface area (Å²) in [6.07, 6.45) is 1.88. The highest BCUT2D eigenvalue weighted by Gasteiger charge is 2.17. The van der Waals surface area contributed by atoms with Gasteiger partial charge in [0, 0.05) is 18.3 Å². The molecule has 0 bridgehead atoms. The molecule has 24 heavy (non-hydrogen) atoms. The van der Waals surface area contributed by atoms with Gasteiger partial charge in [-0.25, -0.2) is 9.37 Å². The number of anilines is 1. The van der Waals surface area contributed by atoms with Gasteiger partial charge in [-0.05, 0) is 36.2 Å². The summed E-state index contributed by atoms with van der Waals surface area (Å²) in [6, 6.07) is 5.66. The average Bonchev–Trinajstić information content (AvgIpc) is 2.55. The summed E-state index contributed by atoms with van der Waals surface area (Å²) in [7, 11) is 0. The Hall–Kier alpha value is -2.48. The van der Waals surface area contributed by atoms with Gasteiger partial charge in [-0.3, -0.25) is 0 Å². The Balaban J connectivity index is 1.68. The number of pyridine rings is 1. The van der Waals surface area contributed by atoms with Gasteiger partial charge < -0.3 is 19.5 Å². The number of hydrogen-bond donors (Lipinski definition) is 1. The largest absolute Gasteiger partial charge is 0.467 e. The molecule has 2 heterocycles. The van der Waals surface area contributed by atoms with Gasteiger partial charge in [0.1, 0.15) is 11.6 Å². The number of fused-ring (bicyclic) bond motifs is 1. The minimum Gasteiger partial charge on any atom is -0.467 e. The van der Waals surface area contributed by atoms with Gasteiger partial charge in [-0.15, -0.1) is 0 Å². The van der Waals surface area contributed by atoms with Crippen LogP contribution in [0.15, 0.2) is 30.5 Å². The summed E-state index contributed by atoms with van der Waals surface area (Å²) in [6.45, 7) is -2.18. The number of hydrogen-bond acceptors (Lipinski definition) is 5. The first-order valence-electron chi connectivity index (χ1n) is 7.29. The van der Waals surface area contributed by atoms with E-state index in [4.69, 9.17) is 9.47 Å². The molecule has 0 saturated heterocycles. The van der Waals surface area contributed by atoms with E-state index in [1.54, 1.807) is 0 Å². The minimum absolute atomic E-state index is 0.0431. The molecule has 1 N–H and O–H groups in total. The van der Waals surface area contributed by atoms with Crippen LogP contribution in [0.1, 0.15) is 11.1 Å². The van der Waals surface area contributed by atoms with Crippen LogP contribution in [0.2, 0.25) is 0 Å². The number of aromatic nitrogens is 1. The van der Waals surface area contributed by atoms with E-state index in [1.807, 2.05) is 0 Å². The van der Waals surface area contributed by atoms with Gasteiger partial charge in [-0.2, -0.15) is 8.78 Å². The smallest absolute Gasteiger partial charge is 0.387 e. The first-order valence-corrected chi connectivity index (χ1v) is 7.29. The van der Waals surface area contributed by atoms with E-state index in [-0.39, 0.29) is 24.2 Å². The number of nitrogens with zero attached hydrogens (tertiary/aromatic N) is 1. The van der Waals surface area contributed by atoms with Gasteiger partial charge in [0.15, 0.2) is 18.4 Å². The van der Waals surface area contributed by atoms with Crippen LogP contribution < -0.4 is 14.8 Å². The molecule has 0 aliphatic carbocycles. The molecule has 2 aromatic rings. The summed E-state index contributed by atoms with van der Waals surface area (Å²) in [5.41, 5.74) is 1.32. The molecule has 0 fully saturated rings. The molecule has 1 aliphatic heterocycles. The van der Waals surface area contributed by atoms with Crippen LogP contribution in [0.3, 0.4) is 0 Å². The first kappa shape index (κ1) is 16.4. The summed E-state index contributed by atoms with van der Waals surface area (Å²) in [5, 5.41) is 2.91. The van der Waals surface area contributed by atoms with Crippen LogP contribution in [0.25, 0.3) is 0 Å². The van der Waals surface area contributed by atoms with Crippen LogP contribution in [0.5, 0.6) is 11.5 Å². The zero-order valence-corrected chi connectivity index (χ0v) is 12.6. The van der Waals surface area contributed by atoms with E-state index in [0.29, 0.717) is 36.4 Å². The van der Waals surface area contributed by atoms with Gasteiger partial charge >= 0.3 is 6.61 Å². The standard InChI is InChI=1S/C16H15F3N2O3/c17-12-6-10(14-11(7-12)8-22-9-23-14)3-5-21-15-13(24-16(18)19)2-1-4-20-15/h1-2,4,6-7,16H,3,5,8-9H2,(H,20,21). The number of benzene rings is 1. The summed E-state index contributed by atoms with van der Waals surface area (Å²) in [5.74, 6) is 0.387. The molecule has 1 aromatic heterocycles. The van der Waals surface area contributed by atoms with Gasteiger partial charge in [-0.1, -0.05) is 0 Å². The van der Waals surface area contributed by atoms with E-state index in [9.17, 15) is 13.2 Å². The molecule has 0 spiro atoms. The van der Waals surface area contributed by atoms with E-state index in [2.05, 4.69) is 15.0 Å². The molecule has 0 saturated carbocycles. The third-order valence-electron chi connectivity index (χ3n) is 3.43. The van der Waals surface area contributed by atoms with Gasteiger partial charge in [0.05, 0.1) is 6.61 Å². The van der Waals surface area contributed by atoms with Crippen LogP contribution in [0.4, 0.5) is 19.0 Å². The van der Waals surface area contributed by atoms with Crippen molar-refractivity contribution in [3.8, 4) is 11.5 Å². The Morgan fingerprint density at radius 1 is 1.33 bits per heavy atom. The lowest BCUT2D eigenvalue weighted by Crippen LogP contribution is -2.15. The number of rotatable bonds is 6. The summed E-state index contributed by atoms with van der Waals surface area (Å²) < 4.78 is 53.4. The fourth-order valence-electron chi connectivity index (χ4n) is 2.47. The maximum absolute atomic E-state index is 13.7. The molecule has 0 radical (unpaired) electrons. The maximum Gasteiger partial charge on any atom is 0.387 e. The van der Waals surface area contributed by atoms with Gasteiger partial charge in [0.25, 0.3) is 0 Å².